The van der Waals surface area contributed by atoms with Crippen molar-refractivity contribution < 1.29 is 13.5 Å². The molecule has 1 unspecified atom stereocenters. The van der Waals surface area contributed by atoms with Crippen LogP contribution >= 0.6 is 11.8 Å². The number of nitrogens with zero attached hydrogens (tertiary/aromatic N) is 4. The average Bonchev–Trinajstić information content (AvgIpc) is 3.27. The van der Waals surface area contributed by atoms with E-state index in [4.69, 9.17) is 4.74 Å². The third-order valence-corrected chi connectivity index (χ3v) is 7.61. The zero-order valence-corrected chi connectivity index (χ0v) is 18.4. The Hall–Kier alpha value is -1.58. The number of hydrogen-bond donors (Lipinski definition) is 1. The summed E-state index contributed by atoms with van der Waals surface area (Å²) in [7, 11) is 1.81. The summed E-state index contributed by atoms with van der Waals surface area (Å²) in [6, 6.07) is 3.64. The van der Waals surface area contributed by atoms with E-state index in [2.05, 4.69) is 20.1 Å². The molecule has 6 nitrogen and oxygen atoms in total. The largest absolute Gasteiger partial charge is 0.379 e. The molecule has 0 saturated carbocycles. The van der Waals surface area contributed by atoms with Gasteiger partial charge >= 0.3 is 0 Å². The van der Waals surface area contributed by atoms with Gasteiger partial charge in [0.25, 0.3) is 0 Å². The normalized spacial score (nSPS) is 26.3. The predicted octanol–water partition coefficient (Wildman–Crippen LogP) is 1.87. The molecular weight excluding hydrogens is 408 g/mol. The average molecular weight is 440 g/mol. The fourth-order valence-electron chi connectivity index (χ4n) is 4.60. The molecule has 0 spiro atoms. The lowest BCUT2D eigenvalue weighted by Crippen LogP contribution is -2.61. The van der Waals surface area contributed by atoms with E-state index in [-0.39, 0.29) is 11.4 Å². The van der Waals surface area contributed by atoms with E-state index in [1.807, 2.05) is 23.7 Å². The van der Waals surface area contributed by atoms with Gasteiger partial charge in [-0.2, -0.15) is 11.8 Å². The molecule has 1 atom stereocenters. The molecule has 30 heavy (non-hydrogen) atoms. The number of guanidine groups is 1. The van der Waals surface area contributed by atoms with Crippen LogP contribution in [0.25, 0.3) is 0 Å². The number of nitrogens with one attached hydrogen (secondary N) is 1. The highest BCUT2D eigenvalue weighted by molar-refractivity contribution is 7.99. The van der Waals surface area contributed by atoms with Gasteiger partial charge in [-0.3, -0.25) is 9.89 Å². The number of halogens is 2. The summed E-state index contributed by atoms with van der Waals surface area (Å²) >= 11 is 2.02. The van der Waals surface area contributed by atoms with Gasteiger partial charge in [0.15, 0.2) is 5.96 Å². The van der Waals surface area contributed by atoms with E-state index in [1.165, 1.54) is 24.3 Å². The molecule has 166 valence electrons. The van der Waals surface area contributed by atoms with Crippen LogP contribution in [0.1, 0.15) is 6.42 Å². The highest BCUT2D eigenvalue weighted by Gasteiger charge is 2.41. The number of rotatable bonds is 4. The first-order valence-corrected chi connectivity index (χ1v) is 11.8. The van der Waals surface area contributed by atoms with Crippen LogP contribution in [0.15, 0.2) is 23.2 Å². The number of ether oxygens (including phenoxy) is 1. The van der Waals surface area contributed by atoms with E-state index in [0.717, 1.165) is 63.7 Å². The molecule has 3 saturated heterocycles. The number of benzene rings is 1. The van der Waals surface area contributed by atoms with E-state index >= 15 is 0 Å². The Morgan fingerprint density at radius 2 is 1.93 bits per heavy atom. The number of morpholine rings is 1. The van der Waals surface area contributed by atoms with Gasteiger partial charge in [0.1, 0.15) is 11.6 Å². The molecule has 0 aliphatic carbocycles. The van der Waals surface area contributed by atoms with Crippen LogP contribution in [0.5, 0.6) is 0 Å². The minimum atomic E-state index is -0.408. The Morgan fingerprint density at radius 1 is 1.17 bits per heavy atom. The van der Waals surface area contributed by atoms with Gasteiger partial charge in [-0.15, -0.1) is 0 Å². The molecule has 0 amide bonds. The summed E-state index contributed by atoms with van der Waals surface area (Å²) in [5.74, 6) is 2.42. The molecule has 3 fully saturated rings. The van der Waals surface area contributed by atoms with Gasteiger partial charge in [-0.05, 0) is 24.3 Å². The molecule has 0 bridgehead atoms. The summed E-state index contributed by atoms with van der Waals surface area (Å²) in [5.41, 5.74) is 0.489. The summed E-state index contributed by atoms with van der Waals surface area (Å²) in [5, 5.41) is 3.62. The van der Waals surface area contributed by atoms with Crippen LogP contribution in [0.4, 0.5) is 14.5 Å². The van der Waals surface area contributed by atoms with Gasteiger partial charge in [-0.1, -0.05) is 0 Å². The van der Waals surface area contributed by atoms with Crippen LogP contribution in [-0.4, -0.2) is 98.9 Å². The Balaban J connectivity index is 1.35. The van der Waals surface area contributed by atoms with Gasteiger partial charge in [0.05, 0.1) is 18.9 Å². The molecule has 3 aliphatic rings. The number of anilines is 1. The third-order valence-electron chi connectivity index (χ3n) is 6.38. The second kappa shape index (κ2) is 9.70. The maximum Gasteiger partial charge on any atom is 0.193 e. The topological polar surface area (TPSA) is 43.3 Å². The van der Waals surface area contributed by atoms with Crippen LogP contribution in [0.3, 0.4) is 0 Å². The monoisotopic (exact) mass is 439 g/mol. The van der Waals surface area contributed by atoms with Crippen LogP contribution in [0.2, 0.25) is 0 Å². The summed E-state index contributed by atoms with van der Waals surface area (Å²) < 4.78 is 33.2. The number of piperazine rings is 1. The molecule has 3 heterocycles. The Morgan fingerprint density at radius 3 is 2.60 bits per heavy atom. The highest BCUT2D eigenvalue weighted by Crippen LogP contribution is 2.33. The lowest BCUT2D eigenvalue weighted by molar-refractivity contribution is -0.0121. The van der Waals surface area contributed by atoms with Crippen LogP contribution in [-0.2, 0) is 4.74 Å². The van der Waals surface area contributed by atoms with E-state index in [0.29, 0.717) is 18.8 Å². The van der Waals surface area contributed by atoms with Crippen LogP contribution in [0, 0.1) is 11.6 Å². The predicted molar refractivity (Wildman–Crippen MR) is 119 cm³/mol. The maximum absolute atomic E-state index is 14.1. The SMILES string of the molecule is CN=C(NCC1(N2CCOCC2)CCSC1)N1CCN(c2cc(F)ccc2F)CC1. The van der Waals surface area contributed by atoms with Crippen molar-refractivity contribution in [3.05, 3.63) is 29.8 Å². The molecule has 1 aromatic carbocycles. The van der Waals surface area contributed by atoms with Crippen molar-refractivity contribution in [2.45, 2.75) is 12.0 Å². The first kappa shape index (κ1) is 21.6. The van der Waals surface area contributed by atoms with Crippen molar-refractivity contribution in [1.82, 2.24) is 15.1 Å². The van der Waals surface area contributed by atoms with Crippen molar-refractivity contribution in [1.29, 1.82) is 0 Å². The molecule has 1 N–H and O–H groups in total. The second-order valence-electron chi connectivity index (χ2n) is 8.10. The number of thioether (sulfide) groups is 1. The standard InChI is InChI=1S/C21H31F2N5OS/c1-24-20(25-15-21(4-13-30-16-21)28-9-11-29-12-10-28)27-7-5-26(6-8-27)19-14-17(22)2-3-18(19)23/h2-3,14H,4-13,15-16H2,1H3,(H,24,25). The minimum Gasteiger partial charge on any atom is -0.379 e. The third kappa shape index (κ3) is 4.68. The number of aliphatic imine (C=N–C) groups is 1. The highest BCUT2D eigenvalue weighted by atomic mass is 32.2. The molecule has 0 radical (unpaired) electrons. The summed E-state index contributed by atoms with van der Waals surface area (Å²) in [4.78, 5) is 11.2. The molecule has 0 aromatic heterocycles. The second-order valence-corrected chi connectivity index (χ2v) is 9.20. The first-order chi connectivity index (χ1) is 14.6. The Bertz CT molecular complexity index is 745. The van der Waals surface area contributed by atoms with Crippen molar-refractivity contribution in [3.8, 4) is 0 Å². The van der Waals surface area contributed by atoms with E-state index in [9.17, 15) is 8.78 Å². The van der Waals surface area contributed by atoms with Gasteiger partial charge in [0, 0.05) is 70.2 Å². The lowest BCUT2D eigenvalue weighted by Gasteiger charge is -2.44. The summed E-state index contributed by atoms with van der Waals surface area (Å²) in [6.45, 7) is 7.14. The molecule has 9 heteroatoms. The van der Waals surface area contributed by atoms with Gasteiger partial charge in [0.2, 0.25) is 0 Å². The molecular formula is C21H31F2N5OS. The lowest BCUT2D eigenvalue weighted by atomic mass is 9.95. The van der Waals surface area contributed by atoms with E-state index in [1.54, 1.807) is 0 Å². The number of hydrogen-bond acceptors (Lipinski definition) is 5. The van der Waals surface area contributed by atoms with Crippen molar-refractivity contribution in [3.63, 3.8) is 0 Å². The quantitative estimate of drug-likeness (QED) is 0.571. The smallest absolute Gasteiger partial charge is 0.193 e. The molecule has 3 aliphatic heterocycles. The van der Waals surface area contributed by atoms with E-state index < -0.39 is 5.82 Å². The molecule has 4 rings (SSSR count). The van der Waals surface area contributed by atoms with Gasteiger partial charge in [-0.25, -0.2) is 8.78 Å². The maximum atomic E-state index is 14.1. The van der Waals surface area contributed by atoms with Crippen molar-refractivity contribution >= 4 is 23.4 Å². The zero-order valence-electron chi connectivity index (χ0n) is 17.6. The molecule has 1 aromatic rings. The van der Waals surface area contributed by atoms with Crippen LogP contribution < -0.4 is 10.2 Å². The Labute approximate surface area is 181 Å². The minimum absolute atomic E-state index is 0.150. The first-order valence-electron chi connectivity index (χ1n) is 10.7. The fourth-order valence-corrected chi connectivity index (χ4v) is 6.08. The Kier molecular flexibility index (Phi) is 7.00. The van der Waals surface area contributed by atoms with Gasteiger partial charge < -0.3 is 19.9 Å². The summed E-state index contributed by atoms with van der Waals surface area (Å²) in [6.07, 6.45) is 1.17. The van der Waals surface area contributed by atoms with Crippen molar-refractivity contribution in [2.75, 3.05) is 82.5 Å². The fraction of sp³-hybridized carbons (Fsp3) is 0.667. The van der Waals surface area contributed by atoms with Crippen molar-refractivity contribution in [2.24, 2.45) is 4.99 Å². The zero-order chi connectivity index (χ0) is 21.0.